The van der Waals surface area contributed by atoms with Gasteiger partial charge in [-0.2, -0.15) is 0 Å². The second kappa shape index (κ2) is 6.07. The Bertz CT molecular complexity index is 576. The Morgan fingerprint density at radius 2 is 2.19 bits per heavy atom. The summed E-state index contributed by atoms with van der Waals surface area (Å²) in [4.78, 5) is 28.5. The van der Waals surface area contributed by atoms with E-state index in [-0.39, 0.29) is 11.8 Å². The SMILES string of the molecule is C[NH+]1CCCN(C(=O)c2ccc3c(c2)NC(=O)CS3)CC1. The molecule has 2 aliphatic rings. The number of quaternary nitrogens is 1. The van der Waals surface area contributed by atoms with E-state index in [9.17, 15) is 9.59 Å². The Balaban J connectivity index is 1.78. The topological polar surface area (TPSA) is 53.9 Å². The van der Waals surface area contributed by atoms with Crippen molar-refractivity contribution in [2.75, 3.05) is 44.3 Å². The monoisotopic (exact) mass is 306 g/mol. The number of nitrogens with zero attached hydrogens (tertiary/aromatic N) is 1. The molecule has 0 aliphatic carbocycles. The quantitative estimate of drug-likeness (QED) is 0.773. The van der Waals surface area contributed by atoms with Gasteiger partial charge in [-0.25, -0.2) is 0 Å². The lowest BCUT2D eigenvalue weighted by Gasteiger charge is -2.21. The number of anilines is 1. The second-order valence-electron chi connectivity index (χ2n) is 5.65. The highest BCUT2D eigenvalue weighted by molar-refractivity contribution is 8.00. The van der Waals surface area contributed by atoms with Gasteiger partial charge in [-0.15, -0.1) is 11.8 Å². The van der Waals surface area contributed by atoms with Crippen molar-refractivity contribution in [3.8, 4) is 0 Å². The van der Waals surface area contributed by atoms with Gasteiger partial charge in [0.15, 0.2) is 0 Å². The molecule has 0 aromatic heterocycles. The van der Waals surface area contributed by atoms with Crippen LogP contribution in [0.3, 0.4) is 0 Å². The molecule has 1 aromatic carbocycles. The zero-order valence-electron chi connectivity index (χ0n) is 12.1. The third-order valence-corrected chi connectivity index (χ3v) is 5.06. The molecule has 21 heavy (non-hydrogen) atoms. The number of likely N-dealkylation sites (N-methyl/N-ethyl adjacent to an activating group) is 1. The van der Waals surface area contributed by atoms with Gasteiger partial charge in [0, 0.05) is 23.4 Å². The van der Waals surface area contributed by atoms with Crippen LogP contribution in [0.15, 0.2) is 23.1 Å². The van der Waals surface area contributed by atoms with E-state index in [1.54, 1.807) is 0 Å². The van der Waals surface area contributed by atoms with Crippen molar-refractivity contribution in [1.29, 1.82) is 0 Å². The molecule has 2 N–H and O–H groups in total. The molecule has 6 heteroatoms. The summed E-state index contributed by atoms with van der Waals surface area (Å²) in [5.74, 6) is 0.510. The van der Waals surface area contributed by atoms with Crippen molar-refractivity contribution < 1.29 is 14.5 Å². The summed E-state index contributed by atoms with van der Waals surface area (Å²) < 4.78 is 0. The fourth-order valence-corrected chi connectivity index (χ4v) is 3.52. The molecule has 0 spiro atoms. The first-order valence-electron chi connectivity index (χ1n) is 7.31. The van der Waals surface area contributed by atoms with Crippen LogP contribution in [-0.2, 0) is 4.79 Å². The Hall–Kier alpha value is -1.53. The Labute approximate surface area is 128 Å². The number of carbonyl (C=O) groups is 2. The highest BCUT2D eigenvalue weighted by atomic mass is 32.2. The van der Waals surface area contributed by atoms with E-state index in [2.05, 4.69) is 12.4 Å². The summed E-state index contributed by atoms with van der Waals surface area (Å²) in [5, 5.41) is 2.84. The standard InChI is InChI=1S/C15H19N3O2S/c1-17-5-2-6-18(8-7-17)15(20)11-3-4-13-12(9-11)16-14(19)10-21-13/h3-4,9H,2,5-8,10H2,1H3,(H,16,19)/p+1. The lowest BCUT2D eigenvalue weighted by Crippen LogP contribution is -3.09. The Morgan fingerprint density at radius 1 is 1.33 bits per heavy atom. The van der Waals surface area contributed by atoms with Crippen LogP contribution >= 0.6 is 11.8 Å². The van der Waals surface area contributed by atoms with Crippen molar-refractivity contribution in [2.45, 2.75) is 11.3 Å². The van der Waals surface area contributed by atoms with E-state index in [1.807, 2.05) is 23.1 Å². The molecular formula is C15H20N3O2S+. The zero-order chi connectivity index (χ0) is 14.8. The largest absolute Gasteiger partial charge is 0.336 e. The molecule has 1 fully saturated rings. The number of nitrogens with one attached hydrogen (secondary N) is 2. The van der Waals surface area contributed by atoms with E-state index in [1.165, 1.54) is 16.7 Å². The zero-order valence-corrected chi connectivity index (χ0v) is 13.0. The van der Waals surface area contributed by atoms with Crippen LogP contribution in [0.5, 0.6) is 0 Å². The summed E-state index contributed by atoms with van der Waals surface area (Å²) in [7, 11) is 2.17. The summed E-state index contributed by atoms with van der Waals surface area (Å²) in [6.45, 7) is 3.71. The molecule has 0 saturated carbocycles. The number of amides is 2. The number of hydrogen-bond donors (Lipinski definition) is 2. The van der Waals surface area contributed by atoms with Crippen LogP contribution in [-0.4, -0.2) is 55.7 Å². The van der Waals surface area contributed by atoms with E-state index in [4.69, 9.17) is 0 Å². The predicted molar refractivity (Wildman–Crippen MR) is 82.9 cm³/mol. The maximum Gasteiger partial charge on any atom is 0.254 e. The van der Waals surface area contributed by atoms with Crippen LogP contribution < -0.4 is 10.2 Å². The van der Waals surface area contributed by atoms with Crippen molar-refractivity contribution in [3.05, 3.63) is 23.8 Å². The smallest absolute Gasteiger partial charge is 0.254 e. The highest BCUT2D eigenvalue weighted by Crippen LogP contribution is 2.32. The van der Waals surface area contributed by atoms with Gasteiger partial charge in [-0.05, 0) is 18.2 Å². The van der Waals surface area contributed by atoms with Crippen LogP contribution in [0.25, 0.3) is 0 Å². The molecule has 1 unspecified atom stereocenters. The maximum absolute atomic E-state index is 12.6. The van der Waals surface area contributed by atoms with Crippen LogP contribution in [0.1, 0.15) is 16.8 Å². The second-order valence-corrected chi connectivity index (χ2v) is 6.67. The summed E-state index contributed by atoms with van der Waals surface area (Å²) >= 11 is 1.52. The molecule has 1 atom stereocenters. The van der Waals surface area contributed by atoms with E-state index in [0.29, 0.717) is 11.3 Å². The lowest BCUT2D eigenvalue weighted by molar-refractivity contribution is -0.877. The molecule has 0 bridgehead atoms. The lowest BCUT2D eigenvalue weighted by atomic mass is 10.1. The Morgan fingerprint density at radius 3 is 3.05 bits per heavy atom. The van der Waals surface area contributed by atoms with E-state index >= 15 is 0 Å². The minimum atomic E-state index is -0.00269. The molecular weight excluding hydrogens is 286 g/mol. The van der Waals surface area contributed by atoms with Crippen molar-refractivity contribution >= 4 is 29.3 Å². The number of rotatable bonds is 1. The molecule has 1 aromatic rings. The number of carbonyl (C=O) groups excluding carboxylic acids is 2. The molecule has 2 heterocycles. The first-order chi connectivity index (χ1) is 10.1. The third-order valence-electron chi connectivity index (χ3n) is 3.99. The van der Waals surface area contributed by atoms with Gasteiger partial charge in [-0.1, -0.05) is 0 Å². The third kappa shape index (κ3) is 3.22. The van der Waals surface area contributed by atoms with Gasteiger partial charge in [-0.3, -0.25) is 9.59 Å². The average molecular weight is 306 g/mol. The fraction of sp³-hybridized carbons (Fsp3) is 0.467. The number of fused-ring (bicyclic) bond motifs is 1. The predicted octanol–water partition coefficient (Wildman–Crippen LogP) is 0.0914. The molecule has 1 saturated heterocycles. The summed E-state index contributed by atoms with van der Waals surface area (Å²) in [6, 6.07) is 5.61. The number of benzene rings is 1. The van der Waals surface area contributed by atoms with Crippen LogP contribution in [0.2, 0.25) is 0 Å². The van der Waals surface area contributed by atoms with Crippen LogP contribution in [0.4, 0.5) is 5.69 Å². The van der Waals surface area contributed by atoms with Gasteiger partial charge in [0.25, 0.3) is 5.91 Å². The first kappa shape index (κ1) is 14.4. The van der Waals surface area contributed by atoms with E-state index < -0.39 is 0 Å². The van der Waals surface area contributed by atoms with E-state index in [0.717, 1.165) is 43.2 Å². The van der Waals surface area contributed by atoms with Crippen molar-refractivity contribution in [2.24, 2.45) is 0 Å². The van der Waals surface area contributed by atoms with Gasteiger partial charge < -0.3 is 15.1 Å². The minimum absolute atomic E-state index is 0.00269. The Kier molecular flexibility index (Phi) is 4.17. The van der Waals surface area contributed by atoms with Gasteiger partial charge in [0.05, 0.1) is 38.1 Å². The first-order valence-corrected chi connectivity index (χ1v) is 8.29. The fourth-order valence-electron chi connectivity index (χ4n) is 2.74. The molecule has 112 valence electrons. The molecule has 3 rings (SSSR count). The normalized spacial score (nSPS) is 22.2. The molecule has 2 aliphatic heterocycles. The van der Waals surface area contributed by atoms with Crippen molar-refractivity contribution in [1.82, 2.24) is 4.90 Å². The average Bonchev–Trinajstić information content (AvgIpc) is 2.70. The highest BCUT2D eigenvalue weighted by Gasteiger charge is 2.22. The number of hydrogen-bond acceptors (Lipinski definition) is 3. The van der Waals surface area contributed by atoms with Gasteiger partial charge >= 0.3 is 0 Å². The minimum Gasteiger partial charge on any atom is -0.336 e. The van der Waals surface area contributed by atoms with Gasteiger partial charge in [0.2, 0.25) is 5.91 Å². The van der Waals surface area contributed by atoms with Gasteiger partial charge in [0.1, 0.15) is 0 Å². The van der Waals surface area contributed by atoms with Crippen LogP contribution in [0, 0.1) is 0 Å². The summed E-state index contributed by atoms with van der Waals surface area (Å²) in [5.41, 5.74) is 1.43. The molecule has 0 radical (unpaired) electrons. The van der Waals surface area contributed by atoms with Crippen molar-refractivity contribution in [3.63, 3.8) is 0 Å². The number of thioether (sulfide) groups is 1. The molecule has 2 amide bonds. The molecule has 5 nitrogen and oxygen atoms in total. The summed E-state index contributed by atoms with van der Waals surface area (Å²) in [6.07, 6.45) is 1.04. The maximum atomic E-state index is 12.6.